The van der Waals surface area contributed by atoms with Crippen LogP contribution in [0.5, 0.6) is 0 Å². The summed E-state index contributed by atoms with van der Waals surface area (Å²) in [5, 5.41) is 0. The van der Waals surface area contributed by atoms with Crippen molar-refractivity contribution in [3.05, 3.63) is 24.3 Å². The zero-order valence-electron chi connectivity index (χ0n) is 5.74. The average Bonchev–Trinajstić information content (AvgIpc) is 2.03. The van der Waals surface area contributed by atoms with Gasteiger partial charge in [0.15, 0.2) is 0 Å². The first-order chi connectivity index (χ1) is 4.93. The highest BCUT2D eigenvalue weighted by Gasteiger charge is 1.89. The van der Waals surface area contributed by atoms with Gasteiger partial charge in [0.25, 0.3) is 0 Å². The van der Waals surface area contributed by atoms with Gasteiger partial charge in [0.1, 0.15) is 12.4 Å². The Hall–Kier alpha value is -0.190. The van der Waals surface area contributed by atoms with E-state index in [1.54, 1.807) is 12.3 Å². The predicted molar refractivity (Wildman–Crippen MR) is 47.9 cm³/mol. The topological polar surface area (TPSA) is 35.0 Å². The van der Waals surface area contributed by atoms with Crippen molar-refractivity contribution in [3.63, 3.8) is 0 Å². The molecule has 0 unspecified atom stereocenters. The van der Waals surface area contributed by atoms with Gasteiger partial charge < -0.3 is 4.74 Å². The Morgan fingerprint density at radius 1 is 1.55 bits per heavy atom. The second kappa shape index (κ2) is 6.52. The van der Waals surface area contributed by atoms with Crippen molar-refractivity contribution in [3.8, 4) is 0 Å². The third kappa shape index (κ3) is 4.29. The summed E-state index contributed by atoms with van der Waals surface area (Å²) in [5.41, 5.74) is 0.843. The maximum Gasteiger partial charge on any atom is 0.121 e. The van der Waals surface area contributed by atoms with Crippen LogP contribution < -0.4 is 0 Å². The van der Waals surface area contributed by atoms with E-state index in [0.717, 1.165) is 5.69 Å². The normalized spacial score (nSPS) is 8.82. The molecule has 0 radical (unpaired) electrons. The molecule has 1 heterocycles. The molecule has 3 nitrogen and oxygen atoms in total. The second-order valence-corrected chi connectivity index (χ2v) is 1.88. The standard InChI is InChI=1S/C6H7ClN2O.BrH/c7-4-10-3-6-1-2-8-5-9-6;/h1-2,5H,3-4H2;1H. The minimum absolute atomic E-state index is 0. The molecule has 0 saturated heterocycles. The van der Waals surface area contributed by atoms with Crippen LogP contribution in [0.15, 0.2) is 18.6 Å². The fourth-order valence-corrected chi connectivity index (χ4v) is 0.624. The van der Waals surface area contributed by atoms with Gasteiger partial charge in [-0.05, 0) is 6.07 Å². The molecule has 0 N–H and O–H groups in total. The van der Waals surface area contributed by atoms with E-state index in [4.69, 9.17) is 16.3 Å². The van der Waals surface area contributed by atoms with E-state index >= 15 is 0 Å². The molecule has 0 aromatic carbocycles. The number of rotatable bonds is 3. The summed E-state index contributed by atoms with van der Waals surface area (Å²) < 4.78 is 4.89. The van der Waals surface area contributed by atoms with Gasteiger partial charge in [-0.1, -0.05) is 11.6 Å². The van der Waals surface area contributed by atoms with Crippen LogP contribution in [0.4, 0.5) is 0 Å². The zero-order valence-corrected chi connectivity index (χ0v) is 8.20. The number of aromatic nitrogens is 2. The van der Waals surface area contributed by atoms with E-state index in [-0.39, 0.29) is 23.0 Å². The van der Waals surface area contributed by atoms with Crippen molar-refractivity contribution in [1.29, 1.82) is 0 Å². The van der Waals surface area contributed by atoms with E-state index < -0.39 is 0 Å². The summed E-state index contributed by atoms with van der Waals surface area (Å²) >= 11 is 5.29. The van der Waals surface area contributed by atoms with Crippen LogP contribution in [-0.2, 0) is 11.3 Å². The Kier molecular flexibility index (Phi) is 6.40. The molecule has 0 fully saturated rings. The first kappa shape index (κ1) is 10.8. The lowest BCUT2D eigenvalue weighted by Crippen LogP contribution is -1.93. The molecular formula is C6H8BrClN2O. The lowest BCUT2D eigenvalue weighted by atomic mass is 10.4. The molecule has 0 spiro atoms. The highest BCUT2D eigenvalue weighted by Crippen LogP contribution is 1.94. The first-order valence-electron chi connectivity index (χ1n) is 2.82. The van der Waals surface area contributed by atoms with E-state index in [0.29, 0.717) is 6.61 Å². The van der Waals surface area contributed by atoms with Crippen molar-refractivity contribution in [2.75, 3.05) is 6.07 Å². The van der Waals surface area contributed by atoms with Crippen molar-refractivity contribution in [1.82, 2.24) is 9.97 Å². The molecule has 0 amide bonds. The van der Waals surface area contributed by atoms with E-state index in [2.05, 4.69) is 9.97 Å². The van der Waals surface area contributed by atoms with Crippen molar-refractivity contribution in [2.24, 2.45) is 0 Å². The van der Waals surface area contributed by atoms with Gasteiger partial charge in [-0.15, -0.1) is 17.0 Å². The van der Waals surface area contributed by atoms with Crippen LogP contribution in [0.2, 0.25) is 0 Å². The minimum atomic E-state index is 0. The molecule has 0 aliphatic rings. The molecule has 1 aromatic rings. The van der Waals surface area contributed by atoms with Gasteiger partial charge in [0.05, 0.1) is 12.3 Å². The quantitative estimate of drug-likeness (QED) is 0.754. The van der Waals surface area contributed by atoms with Crippen LogP contribution in [0, 0.1) is 0 Å². The minimum Gasteiger partial charge on any atom is -0.359 e. The van der Waals surface area contributed by atoms with Crippen molar-refractivity contribution in [2.45, 2.75) is 6.61 Å². The third-order valence-corrected chi connectivity index (χ3v) is 1.12. The maximum absolute atomic E-state index is 5.29. The van der Waals surface area contributed by atoms with Crippen LogP contribution in [0.25, 0.3) is 0 Å². The largest absolute Gasteiger partial charge is 0.359 e. The van der Waals surface area contributed by atoms with E-state index in [1.165, 1.54) is 6.33 Å². The predicted octanol–water partition coefficient (Wildman–Crippen LogP) is 1.77. The van der Waals surface area contributed by atoms with Crippen LogP contribution in [0.1, 0.15) is 5.69 Å². The number of alkyl halides is 1. The number of hydrogen-bond donors (Lipinski definition) is 0. The molecule has 62 valence electrons. The SMILES string of the molecule is Br.ClCOCc1ccncn1. The average molecular weight is 240 g/mol. The summed E-state index contributed by atoms with van der Waals surface area (Å²) in [5.74, 6) is 0. The number of halogens is 2. The molecule has 1 aromatic heterocycles. The Bertz CT molecular complexity index is 185. The van der Waals surface area contributed by atoms with Gasteiger partial charge in [0, 0.05) is 6.20 Å². The summed E-state index contributed by atoms with van der Waals surface area (Å²) in [6.07, 6.45) is 3.15. The highest BCUT2D eigenvalue weighted by atomic mass is 79.9. The van der Waals surface area contributed by atoms with Gasteiger partial charge in [-0.3, -0.25) is 0 Å². The third-order valence-electron chi connectivity index (χ3n) is 0.970. The second-order valence-electron chi connectivity index (χ2n) is 1.66. The molecule has 0 bridgehead atoms. The highest BCUT2D eigenvalue weighted by molar-refractivity contribution is 8.93. The monoisotopic (exact) mass is 238 g/mol. The molecule has 0 aliphatic carbocycles. The number of nitrogens with zero attached hydrogens (tertiary/aromatic N) is 2. The van der Waals surface area contributed by atoms with Crippen LogP contribution in [-0.4, -0.2) is 16.0 Å². The van der Waals surface area contributed by atoms with E-state index in [9.17, 15) is 0 Å². The smallest absolute Gasteiger partial charge is 0.121 e. The van der Waals surface area contributed by atoms with Crippen LogP contribution >= 0.6 is 28.6 Å². The fourth-order valence-electron chi connectivity index (χ4n) is 0.547. The van der Waals surface area contributed by atoms with Crippen molar-refractivity contribution < 1.29 is 4.74 Å². The molecule has 1 rings (SSSR count). The lowest BCUT2D eigenvalue weighted by Gasteiger charge is -1.96. The first-order valence-corrected chi connectivity index (χ1v) is 3.35. The number of hydrogen-bond acceptors (Lipinski definition) is 3. The summed E-state index contributed by atoms with van der Waals surface area (Å²) in [6.45, 7) is 0.450. The Labute approximate surface area is 80.5 Å². The number of ether oxygens (including phenoxy) is 1. The van der Waals surface area contributed by atoms with Crippen LogP contribution in [0.3, 0.4) is 0 Å². The molecular weight excluding hydrogens is 231 g/mol. The Balaban J connectivity index is 0.000001000. The maximum atomic E-state index is 5.29. The molecule has 0 saturated carbocycles. The summed E-state index contributed by atoms with van der Waals surface area (Å²) in [4.78, 5) is 7.68. The summed E-state index contributed by atoms with van der Waals surface area (Å²) in [7, 11) is 0. The van der Waals surface area contributed by atoms with Gasteiger partial charge in [0.2, 0.25) is 0 Å². The van der Waals surface area contributed by atoms with Gasteiger partial charge in [-0.2, -0.15) is 0 Å². The lowest BCUT2D eigenvalue weighted by molar-refractivity contribution is 0.162. The summed E-state index contributed by atoms with van der Waals surface area (Å²) in [6, 6.07) is 1.98. The van der Waals surface area contributed by atoms with Gasteiger partial charge >= 0.3 is 0 Å². The Morgan fingerprint density at radius 2 is 2.36 bits per heavy atom. The Morgan fingerprint density at radius 3 is 2.91 bits per heavy atom. The molecule has 5 heteroatoms. The van der Waals surface area contributed by atoms with Gasteiger partial charge in [-0.25, -0.2) is 9.97 Å². The van der Waals surface area contributed by atoms with E-state index in [1.807, 2.05) is 0 Å². The fraction of sp³-hybridized carbons (Fsp3) is 0.333. The van der Waals surface area contributed by atoms with Crippen molar-refractivity contribution >= 4 is 28.6 Å². The molecule has 11 heavy (non-hydrogen) atoms. The molecule has 0 atom stereocenters. The zero-order chi connectivity index (χ0) is 7.23. The molecule has 0 aliphatic heterocycles.